The lowest BCUT2D eigenvalue weighted by molar-refractivity contribution is 0.129. The van der Waals surface area contributed by atoms with Crippen molar-refractivity contribution in [1.29, 1.82) is 0 Å². The van der Waals surface area contributed by atoms with Crippen LogP contribution in [0.1, 0.15) is 52.6 Å². The van der Waals surface area contributed by atoms with Crippen molar-refractivity contribution in [1.82, 2.24) is 5.32 Å². The van der Waals surface area contributed by atoms with Gasteiger partial charge in [0.25, 0.3) is 0 Å². The summed E-state index contributed by atoms with van der Waals surface area (Å²) in [4.78, 5) is 23.4. The number of nitrogens with one attached hydrogen (secondary N) is 1. The van der Waals surface area contributed by atoms with Gasteiger partial charge in [0.15, 0.2) is 0 Å². The molecule has 0 amide bonds. The van der Waals surface area contributed by atoms with Crippen LogP contribution < -0.4 is 5.32 Å². The van der Waals surface area contributed by atoms with Crippen LogP contribution in [0.4, 0.5) is 8.78 Å². The lowest BCUT2D eigenvalue weighted by Crippen LogP contribution is -2.15. The Bertz CT molecular complexity index is 1270. The number of aryl methyl sites for hydroxylation is 2. The first-order valence-corrected chi connectivity index (χ1v) is 14.3. The molecule has 0 fully saturated rings. The van der Waals surface area contributed by atoms with E-state index < -0.39 is 19.2 Å². The summed E-state index contributed by atoms with van der Waals surface area (Å²) in [5.41, 5.74) is 6.44. The van der Waals surface area contributed by atoms with E-state index in [9.17, 15) is 13.3 Å². The van der Waals surface area contributed by atoms with Crippen molar-refractivity contribution in [3.63, 3.8) is 0 Å². The summed E-state index contributed by atoms with van der Waals surface area (Å²) in [6.45, 7) is 7.22. The standard InChI is InChI=1S/C29H35F2N2O4P/c1-20-5-6-25(13-21(20)2)14-29(26-15-27(30)17-28(31)16-26)22(3)33-37-19-24-9-7-23(8-10-24)18-32-11-4-12-38(34,35)36/h5-10,13,15-17,29,32H,4,11-12,14,18-19H2,1-3H3,(H2,34,35,36)/b33-22+. The Labute approximate surface area is 222 Å². The molecule has 38 heavy (non-hydrogen) atoms. The topological polar surface area (TPSA) is 91.2 Å². The summed E-state index contributed by atoms with van der Waals surface area (Å²) in [5.74, 6) is -1.62. The summed E-state index contributed by atoms with van der Waals surface area (Å²) in [7, 11) is -3.95. The van der Waals surface area contributed by atoms with Crippen LogP contribution in [0.2, 0.25) is 0 Å². The lowest BCUT2D eigenvalue weighted by Gasteiger charge is -2.18. The molecule has 0 heterocycles. The largest absolute Gasteiger partial charge is 0.391 e. The van der Waals surface area contributed by atoms with E-state index in [0.717, 1.165) is 28.3 Å². The van der Waals surface area contributed by atoms with Crippen LogP contribution in [0.15, 0.2) is 65.8 Å². The van der Waals surface area contributed by atoms with Crippen molar-refractivity contribution in [2.24, 2.45) is 5.16 Å². The maximum Gasteiger partial charge on any atom is 0.325 e. The smallest absolute Gasteiger partial charge is 0.325 e. The third kappa shape index (κ3) is 9.76. The Morgan fingerprint density at radius 1 is 0.947 bits per heavy atom. The summed E-state index contributed by atoms with van der Waals surface area (Å²) in [5, 5.41) is 7.46. The number of hydrogen-bond acceptors (Lipinski definition) is 4. The molecule has 0 spiro atoms. The average Bonchev–Trinajstić information content (AvgIpc) is 2.84. The van der Waals surface area contributed by atoms with Crippen LogP contribution >= 0.6 is 7.60 Å². The van der Waals surface area contributed by atoms with E-state index in [2.05, 4.69) is 16.5 Å². The summed E-state index contributed by atoms with van der Waals surface area (Å²) in [6.07, 6.45) is 0.800. The highest BCUT2D eigenvalue weighted by Crippen LogP contribution is 2.34. The van der Waals surface area contributed by atoms with Gasteiger partial charge in [-0.15, -0.1) is 0 Å². The molecule has 9 heteroatoms. The van der Waals surface area contributed by atoms with Crippen molar-refractivity contribution in [2.75, 3.05) is 12.7 Å². The van der Waals surface area contributed by atoms with Crippen molar-refractivity contribution >= 4 is 13.3 Å². The highest BCUT2D eigenvalue weighted by atomic mass is 31.2. The molecule has 1 atom stereocenters. The molecule has 0 radical (unpaired) electrons. The van der Waals surface area contributed by atoms with Gasteiger partial charge in [-0.1, -0.05) is 47.6 Å². The molecule has 0 aliphatic carbocycles. The van der Waals surface area contributed by atoms with E-state index in [4.69, 9.17) is 14.6 Å². The molecule has 0 bridgehead atoms. The SMILES string of the molecule is C/C(=N\OCc1ccc(CNCCCP(=O)(O)O)cc1)C(Cc1ccc(C)c(C)c1)c1cc(F)cc(F)c1. The quantitative estimate of drug-likeness (QED) is 0.104. The molecule has 0 aliphatic heterocycles. The minimum Gasteiger partial charge on any atom is -0.391 e. The zero-order chi connectivity index (χ0) is 27.7. The Morgan fingerprint density at radius 2 is 1.58 bits per heavy atom. The monoisotopic (exact) mass is 544 g/mol. The molecule has 0 aromatic heterocycles. The second-order valence-corrected chi connectivity index (χ2v) is 11.4. The number of benzene rings is 3. The van der Waals surface area contributed by atoms with Gasteiger partial charge in [0.05, 0.1) is 11.9 Å². The predicted octanol–water partition coefficient (Wildman–Crippen LogP) is 6.16. The van der Waals surface area contributed by atoms with E-state index in [1.165, 1.54) is 17.7 Å². The summed E-state index contributed by atoms with van der Waals surface area (Å²) < 4.78 is 38.9. The molecule has 204 valence electrons. The zero-order valence-electron chi connectivity index (χ0n) is 22.0. The number of hydrogen-bond donors (Lipinski definition) is 3. The van der Waals surface area contributed by atoms with Crippen LogP contribution in [0.5, 0.6) is 0 Å². The third-order valence-electron chi connectivity index (χ3n) is 6.40. The zero-order valence-corrected chi connectivity index (χ0v) is 22.8. The summed E-state index contributed by atoms with van der Waals surface area (Å²) in [6, 6.07) is 17.4. The molecular formula is C29H35F2N2O4P. The normalized spacial score (nSPS) is 13.0. The molecule has 6 nitrogen and oxygen atoms in total. The fraction of sp³-hybridized carbons (Fsp3) is 0.345. The van der Waals surface area contributed by atoms with E-state index in [0.29, 0.717) is 37.2 Å². The first kappa shape index (κ1) is 29.7. The lowest BCUT2D eigenvalue weighted by atomic mass is 9.87. The molecule has 0 saturated heterocycles. The third-order valence-corrected chi connectivity index (χ3v) is 7.30. The molecule has 3 aromatic rings. The van der Waals surface area contributed by atoms with E-state index in [-0.39, 0.29) is 18.7 Å². The van der Waals surface area contributed by atoms with E-state index in [1.54, 1.807) is 6.92 Å². The second kappa shape index (κ2) is 13.8. The van der Waals surface area contributed by atoms with Gasteiger partial charge in [0.1, 0.15) is 18.2 Å². The number of nitrogens with zero attached hydrogens (tertiary/aromatic N) is 1. The Balaban J connectivity index is 1.62. The van der Waals surface area contributed by atoms with Crippen LogP contribution in [0.3, 0.4) is 0 Å². The summed E-state index contributed by atoms with van der Waals surface area (Å²) >= 11 is 0. The number of oxime groups is 1. The second-order valence-electron chi connectivity index (χ2n) is 9.62. The Morgan fingerprint density at radius 3 is 2.21 bits per heavy atom. The van der Waals surface area contributed by atoms with Gasteiger partial charge in [0, 0.05) is 18.5 Å². The minimum absolute atomic E-state index is 0.129. The van der Waals surface area contributed by atoms with Crippen molar-refractivity contribution < 1.29 is 28.0 Å². The van der Waals surface area contributed by atoms with Gasteiger partial charge in [-0.3, -0.25) is 4.57 Å². The molecule has 3 rings (SSSR count). The van der Waals surface area contributed by atoms with E-state index >= 15 is 0 Å². The van der Waals surface area contributed by atoms with Crippen LogP contribution in [0.25, 0.3) is 0 Å². The molecular weight excluding hydrogens is 509 g/mol. The van der Waals surface area contributed by atoms with Crippen molar-refractivity contribution in [3.8, 4) is 0 Å². The van der Waals surface area contributed by atoms with Crippen molar-refractivity contribution in [3.05, 3.63) is 106 Å². The van der Waals surface area contributed by atoms with Crippen LogP contribution in [0, 0.1) is 25.5 Å². The number of rotatable bonds is 13. The molecule has 0 saturated carbocycles. The first-order chi connectivity index (χ1) is 18.0. The van der Waals surface area contributed by atoms with E-state index in [1.807, 2.05) is 50.2 Å². The maximum atomic E-state index is 14.0. The van der Waals surface area contributed by atoms with Crippen LogP contribution in [-0.4, -0.2) is 28.2 Å². The average molecular weight is 545 g/mol. The van der Waals surface area contributed by atoms with Gasteiger partial charge >= 0.3 is 7.60 Å². The Kier molecular flexibility index (Phi) is 10.7. The van der Waals surface area contributed by atoms with Gasteiger partial charge in [-0.25, -0.2) is 8.78 Å². The Hall–Kier alpha value is -2.90. The molecule has 3 N–H and O–H groups in total. The van der Waals surface area contributed by atoms with Gasteiger partial charge < -0.3 is 19.9 Å². The first-order valence-electron chi connectivity index (χ1n) is 12.5. The molecule has 3 aromatic carbocycles. The fourth-order valence-electron chi connectivity index (χ4n) is 4.12. The minimum atomic E-state index is -3.95. The van der Waals surface area contributed by atoms with Crippen LogP contribution in [-0.2, 0) is 29.0 Å². The fourth-order valence-corrected chi connectivity index (χ4v) is 4.69. The number of halogens is 2. The predicted molar refractivity (Wildman–Crippen MR) is 146 cm³/mol. The highest BCUT2D eigenvalue weighted by Gasteiger charge is 2.19. The van der Waals surface area contributed by atoms with Crippen molar-refractivity contribution in [2.45, 2.75) is 52.7 Å². The van der Waals surface area contributed by atoms with Gasteiger partial charge in [-0.05, 0) is 85.7 Å². The highest BCUT2D eigenvalue weighted by molar-refractivity contribution is 7.51. The molecule has 0 aliphatic rings. The van der Waals surface area contributed by atoms with Gasteiger partial charge in [-0.2, -0.15) is 0 Å². The maximum absolute atomic E-state index is 14.0. The molecule has 1 unspecified atom stereocenters. The van der Waals surface area contributed by atoms with Gasteiger partial charge in [0.2, 0.25) is 0 Å².